The predicted octanol–water partition coefficient (Wildman–Crippen LogP) is 4.73. The van der Waals surface area contributed by atoms with Crippen LogP contribution in [0.5, 0.6) is 0 Å². The van der Waals surface area contributed by atoms with Crippen LogP contribution in [0.1, 0.15) is 30.0 Å². The molecule has 0 radical (unpaired) electrons. The molecule has 0 atom stereocenters. The number of benzene rings is 1. The Labute approximate surface area is 129 Å². The Bertz CT molecular complexity index is 656. The standard InChI is InChI=1S/C14H11ClFIN2/c1-7-6-9(4-5-10(7)16)14-18-12(8-2-3-8)11(17)13(15)19-14/h4-6,8H,2-3H2,1H3. The molecule has 0 unspecified atom stereocenters. The van der Waals surface area contributed by atoms with Crippen molar-refractivity contribution in [1.29, 1.82) is 0 Å². The maximum absolute atomic E-state index is 13.3. The molecule has 0 amide bonds. The van der Waals surface area contributed by atoms with Crippen molar-refractivity contribution < 1.29 is 4.39 Å². The maximum Gasteiger partial charge on any atom is 0.161 e. The molecular weight excluding hydrogens is 378 g/mol. The van der Waals surface area contributed by atoms with Gasteiger partial charge in [-0.2, -0.15) is 0 Å². The molecule has 1 aromatic heterocycles. The molecule has 98 valence electrons. The second kappa shape index (κ2) is 4.98. The third kappa shape index (κ3) is 2.60. The van der Waals surface area contributed by atoms with E-state index in [4.69, 9.17) is 11.6 Å². The van der Waals surface area contributed by atoms with E-state index in [1.165, 1.54) is 6.07 Å². The highest BCUT2D eigenvalue weighted by molar-refractivity contribution is 14.1. The first-order valence-electron chi connectivity index (χ1n) is 6.05. The van der Waals surface area contributed by atoms with Gasteiger partial charge in [0.25, 0.3) is 0 Å². The lowest BCUT2D eigenvalue weighted by Gasteiger charge is -2.08. The van der Waals surface area contributed by atoms with E-state index >= 15 is 0 Å². The second-order valence-electron chi connectivity index (χ2n) is 4.78. The first-order valence-corrected chi connectivity index (χ1v) is 7.51. The van der Waals surface area contributed by atoms with Gasteiger partial charge in [0.05, 0.1) is 9.26 Å². The summed E-state index contributed by atoms with van der Waals surface area (Å²) in [5, 5.41) is 0.481. The third-order valence-electron chi connectivity index (χ3n) is 3.22. The molecule has 1 aliphatic carbocycles. The van der Waals surface area contributed by atoms with Gasteiger partial charge in [-0.3, -0.25) is 0 Å². The van der Waals surface area contributed by atoms with Gasteiger partial charge in [-0.05, 0) is 66.1 Å². The molecular formula is C14H11ClFIN2. The van der Waals surface area contributed by atoms with Crippen LogP contribution in [0.3, 0.4) is 0 Å². The minimum Gasteiger partial charge on any atom is -0.232 e. The van der Waals surface area contributed by atoms with Crippen LogP contribution in [-0.4, -0.2) is 9.97 Å². The van der Waals surface area contributed by atoms with Crippen molar-refractivity contribution >= 4 is 34.2 Å². The van der Waals surface area contributed by atoms with E-state index in [2.05, 4.69) is 32.6 Å². The van der Waals surface area contributed by atoms with E-state index < -0.39 is 0 Å². The summed E-state index contributed by atoms with van der Waals surface area (Å²) in [4.78, 5) is 8.92. The number of halogens is 3. The van der Waals surface area contributed by atoms with Crippen LogP contribution in [0.15, 0.2) is 18.2 Å². The number of aryl methyl sites for hydroxylation is 1. The highest BCUT2D eigenvalue weighted by atomic mass is 127. The Kier molecular flexibility index (Phi) is 3.47. The van der Waals surface area contributed by atoms with Gasteiger partial charge in [0.2, 0.25) is 0 Å². The number of hydrogen-bond donors (Lipinski definition) is 0. The normalized spacial score (nSPS) is 14.7. The lowest BCUT2D eigenvalue weighted by molar-refractivity contribution is 0.618. The van der Waals surface area contributed by atoms with Crippen molar-refractivity contribution in [3.63, 3.8) is 0 Å². The Morgan fingerprint density at radius 2 is 2.05 bits per heavy atom. The van der Waals surface area contributed by atoms with Crippen LogP contribution in [0.2, 0.25) is 5.15 Å². The van der Waals surface area contributed by atoms with Crippen LogP contribution in [0.25, 0.3) is 11.4 Å². The molecule has 1 heterocycles. The predicted molar refractivity (Wildman–Crippen MR) is 81.9 cm³/mol. The van der Waals surface area contributed by atoms with Crippen molar-refractivity contribution in [3.05, 3.63) is 44.0 Å². The summed E-state index contributed by atoms with van der Waals surface area (Å²) in [5.41, 5.74) is 2.42. The fourth-order valence-electron chi connectivity index (χ4n) is 1.98. The van der Waals surface area contributed by atoms with Gasteiger partial charge in [-0.1, -0.05) is 11.6 Å². The van der Waals surface area contributed by atoms with E-state index in [9.17, 15) is 4.39 Å². The lowest BCUT2D eigenvalue weighted by Crippen LogP contribution is -2.00. The average molecular weight is 389 g/mol. The van der Waals surface area contributed by atoms with Gasteiger partial charge >= 0.3 is 0 Å². The molecule has 1 aliphatic rings. The lowest BCUT2D eigenvalue weighted by atomic mass is 10.1. The quantitative estimate of drug-likeness (QED) is 0.549. The molecule has 0 N–H and O–H groups in total. The van der Waals surface area contributed by atoms with Crippen LogP contribution < -0.4 is 0 Å². The van der Waals surface area contributed by atoms with Gasteiger partial charge < -0.3 is 0 Å². The summed E-state index contributed by atoms with van der Waals surface area (Å²) >= 11 is 8.37. The first-order chi connectivity index (χ1) is 9.06. The molecule has 3 rings (SSSR count). The summed E-state index contributed by atoms with van der Waals surface area (Å²) in [6.45, 7) is 1.73. The number of nitrogens with zero attached hydrogens (tertiary/aromatic N) is 2. The first kappa shape index (κ1) is 13.2. The molecule has 5 heteroatoms. The van der Waals surface area contributed by atoms with Gasteiger partial charge in [0.1, 0.15) is 11.0 Å². The van der Waals surface area contributed by atoms with Crippen LogP contribution in [0, 0.1) is 16.3 Å². The third-order valence-corrected chi connectivity index (χ3v) is 4.87. The second-order valence-corrected chi connectivity index (χ2v) is 6.21. The monoisotopic (exact) mass is 388 g/mol. The summed E-state index contributed by atoms with van der Waals surface area (Å²) in [6.07, 6.45) is 2.32. The fourth-order valence-corrected chi connectivity index (χ4v) is 2.83. The number of rotatable bonds is 2. The minimum atomic E-state index is -0.220. The molecule has 1 saturated carbocycles. The zero-order valence-electron chi connectivity index (χ0n) is 10.3. The van der Waals surface area contributed by atoms with Crippen LogP contribution in [-0.2, 0) is 0 Å². The van der Waals surface area contributed by atoms with E-state index in [0.717, 1.165) is 27.7 Å². The SMILES string of the molecule is Cc1cc(-c2nc(Cl)c(I)c(C3CC3)n2)ccc1F. The largest absolute Gasteiger partial charge is 0.232 e. The molecule has 2 nitrogen and oxygen atoms in total. The summed E-state index contributed by atoms with van der Waals surface area (Å²) in [6, 6.07) is 4.89. The summed E-state index contributed by atoms with van der Waals surface area (Å²) in [5.74, 6) is 0.867. The molecule has 19 heavy (non-hydrogen) atoms. The van der Waals surface area contributed by atoms with Gasteiger partial charge in [-0.25, -0.2) is 14.4 Å². The van der Waals surface area contributed by atoms with Gasteiger partial charge in [-0.15, -0.1) is 0 Å². The summed E-state index contributed by atoms with van der Waals surface area (Å²) in [7, 11) is 0. The minimum absolute atomic E-state index is 0.220. The van der Waals surface area contributed by atoms with Crippen LogP contribution in [0.4, 0.5) is 4.39 Å². The van der Waals surface area contributed by atoms with E-state index in [1.54, 1.807) is 19.1 Å². The highest BCUT2D eigenvalue weighted by Gasteiger charge is 2.29. The maximum atomic E-state index is 13.3. The molecule has 0 spiro atoms. The fraction of sp³-hybridized carbons (Fsp3) is 0.286. The topological polar surface area (TPSA) is 25.8 Å². The molecule has 2 aromatic rings. The smallest absolute Gasteiger partial charge is 0.161 e. The average Bonchev–Trinajstić information content (AvgIpc) is 3.20. The Balaban J connectivity index is 2.11. The van der Waals surface area contributed by atoms with Crippen molar-refractivity contribution in [3.8, 4) is 11.4 Å². The highest BCUT2D eigenvalue weighted by Crippen LogP contribution is 2.42. The van der Waals surface area contributed by atoms with Gasteiger partial charge in [0.15, 0.2) is 5.82 Å². The molecule has 1 fully saturated rings. The van der Waals surface area contributed by atoms with Crippen molar-refractivity contribution in [2.45, 2.75) is 25.7 Å². The Morgan fingerprint density at radius 1 is 1.32 bits per heavy atom. The van der Waals surface area contributed by atoms with E-state index in [0.29, 0.717) is 22.5 Å². The Morgan fingerprint density at radius 3 is 2.68 bits per heavy atom. The van der Waals surface area contributed by atoms with E-state index in [1.807, 2.05) is 0 Å². The van der Waals surface area contributed by atoms with Crippen LogP contribution >= 0.6 is 34.2 Å². The molecule has 0 aliphatic heterocycles. The van der Waals surface area contributed by atoms with Crippen molar-refractivity contribution in [1.82, 2.24) is 9.97 Å². The zero-order chi connectivity index (χ0) is 13.6. The van der Waals surface area contributed by atoms with Gasteiger partial charge in [0, 0.05) is 11.5 Å². The number of aromatic nitrogens is 2. The molecule has 0 bridgehead atoms. The van der Waals surface area contributed by atoms with E-state index in [-0.39, 0.29) is 5.82 Å². The van der Waals surface area contributed by atoms with Crippen molar-refractivity contribution in [2.75, 3.05) is 0 Å². The Hall–Kier alpha value is -0.750. The summed E-state index contributed by atoms with van der Waals surface area (Å²) < 4.78 is 14.2. The number of hydrogen-bond acceptors (Lipinski definition) is 2. The van der Waals surface area contributed by atoms with Crippen molar-refractivity contribution in [2.24, 2.45) is 0 Å². The zero-order valence-corrected chi connectivity index (χ0v) is 13.2. The molecule has 0 saturated heterocycles. The molecule has 1 aromatic carbocycles.